The second-order valence-corrected chi connectivity index (χ2v) is 4.38. The van der Waals surface area contributed by atoms with Crippen LogP contribution in [0.15, 0.2) is 42.7 Å². The summed E-state index contributed by atoms with van der Waals surface area (Å²) in [5.41, 5.74) is 3.32. The van der Waals surface area contributed by atoms with Crippen molar-refractivity contribution in [3.8, 4) is 6.07 Å². The minimum Gasteiger partial charge on any atom is -0.357 e. The lowest BCUT2D eigenvalue weighted by Crippen LogP contribution is -1.84. The molecule has 3 aromatic rings. The zero-order chi connectivity index (χ0) is 13.2. The molecule has 1 N–H and O–H groups in total. The summed E-state index contributed by atoms with van der Waals surface area (Å²) < 4.78 is 1.94. The van der Waals surface area contributed by atoms with Crippen LogP contribution in [0, 0.1) is 11.3 Å². The molecule has 2 heterocycles. The number of allylic oxidation sites excluding steroid dienone is 1. The summed E-state index contributed by atoms with van der Waals surface area (Å²) in [7, 11) is 1.95. The Morgan fingerprint density at radius 1 is 1.37 bits per heavy atom. The molecular weight excluding hydrogens is 236 g/mol. The maximum atomic E-state index is 9.29. The van der Waals surface area contributed by atoms with E-state index < -0.39 is 0 Å². The molecule has 0 aliphatic heterocycles. The highest BCUT2D eigenvalue weighted by Crippen LogP contribution is 2.18. The molecule has 0 atom stereocenters. The van der Waals surface area contributed by atoms with Crippen LogP contribution in [0.25, 0.3) is 22.7 Å². The van der Waals surface area contributed by atoms with Crippen LogP contribution >= 0.6 is 0 Å². The second-order valence-electron chi connectivity index (χ2n) is 4.38. The fraction of sp³-hybridized carbons (Fsp3) is 0.0667. The maximum Gasteiger partial charge on any atom is 0.149 e. The Labute approximate surface area is 110 Å². The SMILES string of the molecule is Cn1ccc(/C=C(\C#N)c2nc3ccccc3[nH]2)c1. The number of fused-ring (bicyclic) bond motifs is 1. The molecule has 3 rings (SSSR count). The number of hydrogen-bond acceptors (Lipinski definition) is 2. The summed E-state index contributed by atoms with van der Waals surface area (Å²) in [5.74, 6) is 0.604. The van der Waals surface area contributed by atoms with E-state index in [9.17, 15) is 5.26 Å². The van der Waals surface area contributed by atoms with Crippen LogP contribution in [0.2, 0.25) is 0 Å². The first-order chi connectivity index (χ1) is 9.26. The molecule has 2 aromatic heterocycles. The average molecular weight is 248 g/mol. The van der Waals surface area contributed by atoms with Gasteiger partial charge in [-0.15, -0.1) is 0 Å². The summed E-state index contributed by atoms with van der Waals surface area (Å²) in [6.07, 6.45) is 5.73. The van der Waals surface area contributed by atoms with E-state index in [-0.39, 0.29) is 0 Å². The van der Waals surface area contributed by atoms with E-state index in [4.69, 9.17) is 0 Å². The van der Waals surface area contributed by atoms with E-state index in [0.29, 0.717) is 11.4 Å². The number of para-hydroxylation sites is 2. The van der Waals surface area contributed by atoms with Gasteiger partial charge in [-0.2, -0.15) is 5.26 Å². The third-order valence-corrected chi connectivity index (χ3v) is 2.93. The summed E-state index contributed by atoms with van der Waals surface area (Å²) >= 11 is 0. The van der Waals surface area contributed by atoms with Crippen LogP contribution in [0.1, 0.15) is 11.4 Å². The molecule has 4 heteroatoms. The Balaban J connectivity index is 2.07. The van der Waals surface area contributed by atoms with Crippen LogP contribution in [0.4, 0.5) is 0 Å². The highest BCUT2D eigenvalue weighted by Gasteiger charge is 2.07. The van der Waals surface area contributed by atoms with E-state index in [0.717, 1.165) is 16.6 Å². The lowest BCUT2D eigenvalue weighted by Gasteiger charge is -1.92. The molecule has 0 amide bonds. The number of imidazole rings is 1. The van der Waals surface area contributed by atoms with Crippen molar-refractivity contribution in [2.24, 2.45) is 7.05 Å². The van der Waals surface area contributed by atoms with Gasteiger partial charge in [0.15, 0.2) is 0 Å². The van der Waals surface area contributed by atoms with E-state index in [1.807, 2.05) is 60.4 Å². The lowest BCUT2D eigenvalue weighted by atomic mass is 10.2. The van der Waals surface area contributed by atoms with Crippen LogP contribution in [-0.4, -0.2) is 14.5 Å². The molecule has 0 saturated heterocycles. The first kappa shape index (κ1) is 11.3. The largest absolute Gasteiger partial charge is 0.357 e. The van der Waals surface area contributed by atoms with Gasteiger partial charge >= 0.3 is 0 Å². The van der Waals surface area contributed by atoms with Crippen LogP contribution in [0.3, 0.4) is 0 Å². The smallest absolute Gasteiger partial charge is 0.149 e. The molecule has 19 heavy (non-hydrogen) atoms. The minimum absolute atomic E-state index is 0.530. The monoisotopic (exact) mass is 248 g/mol. The van der Waals surface area contributed by atoms with Crippen molar-refractivity contribution in [1.29, 1.82) is 5.26 Å². The average Bonchev–Trinajstić information content (AvgIpc) is 3.01. The van der Waals surface area contributed by atoms with Crippen molar-refractivity contribution < 1.29 is 0 Å². The molecule has 0 aliphatic carbocycles. The van der Waals surface area contributed by atoms with E-state index in [1.165, 1.54) is 0 Å². The molecule has 0 saturated carbocycles. The number of aryl methyl sites for hydroxylation is 1. The van der Waals surface area contributed by atoms with Crippen LogP contribution in [0.5, 0.6) is 0 Å². The van der Waals surface area contributed by atoms with Gasteiger partial charge < -0.3 is 9.55 Å². The lowest BCUT2D eigenvalue weighted by molar-refractivity contribution is 0.927. The molecule has 0 unspecified atom stereocenters. The van der Waals surface area contributed by atoms with Gasteiger partial charge in [0.1, 0.15) is 11.9 Å². The number of rotatable bonds is 2. The first-order valence-electron chi connectivity index (χ1n) is 5.95. The van der Waals surface area contributed by atoms with Gasteiger partial charge in [0.2, 0.25) is 0 Å². The molecular formula is C15H12N4. The van der Waals surface area contributed by atoms with Crippen molar-refractivity contribution >= 4 is 22.7 Å². The van der Waals surface area contributed by atoms with Crippen LogP contribution < -0.4 is 0 Å². The molecule has 0 bridgehead atoms. The van der Waals surface area contributed by atoms with Gasteiger partial charge in [-0.25, -0.2) is 4.98 Å². The number of aromatic amines is 1. The number of hydrogen-bond donors (Lipinski definition) is 1. The van der Waals surface area contributed by atoms with Gasteiger partial charge in [-0.1, -0.05) is 12.1 Å². The van der Waals surface area contributed by atoms with E-state index >= 15 is 0 Å². The summed E-state index contributed by atoms with van der Waals surface area (Å²) in [6, 6.07) is 11.9. The van der Waals surface area contributed by atoms with E-state index in [2.05, 4.69) is 16.0 Å². The summed E-state index contributed by atoms with van der Waals surface area (Å²) in [6.45, 7) is 0. The standard InChI is InChI=1S/C15H12N4/c1-19-7-6-11(10-19)8-12(9-16)15-17-13-4-2-3-5-14(13)18-15/h2-8,10H,1H3,(H,17,18)/b12-8+. The number of H-pyrrole nitrogens is 1. The third kappa shape index (κ3) is 2.14. The normalized spacial score (nSPS) is 11.7. The van der Waals surface area contributed by atoms with Crippen LogP contribution in [-0.2, 0) is 7.05 Å². The predicted octanol–water partition coefficient (Wildman–Crippen LogP) is 2.97. The van der Waals surface area contributed by atoms with Gasteiger partial charge in [-0.3, -0.25) is 0 Å². The molecule has 92 valence electrons. The predicted molar refractivity (Wildman–Crippen MR) is 75.0 cm³/mol. The fourth-order valence-corrected chi connectivity index (χ4v) is 2.01. The third-order valence-electron chi connectivity index (χ3n) is 2.93. The quantitative estimate of drug-likeness (QED) is 0.709. The zero-order valence-electron chi connectivity index (χ0n) is 10.5. The van der Waals surface area contributed by atoms with Gasteiger partial charge in [0.25, 0.3) is 0 Å². The number of nitrogens with one attached hydrogen (secondary N) is 1. The molecule has 0 spiro atoms. The summed E-state index contributed by atoms with van der Waals surface area (Å²) in [4.78, 5) is 7.60. The Morgan fingerprint density at radius 3 is 2.89 bits per heavy atom. The number of nitriles is 1. The maximum absolute atomic E-state index is 9.29. The molecule has 4 nitrogen and oxygen atoms in total. The summed E-state index contributed by atoms with van der Waals surface area (Å²) in [5, 5.41) is 9.29. The molecule has 0 radical (unpaired) electrons. The Hall–Kier alpha value is -2.80. The fourth-order valence-electron chi connectivity index (χ4n) is 2.01. The minimum atomic E-state index is 0.530. The second kappa shape index (κ2) is 4.46. The van der Waals surface area contributed by atoms with Gasteiger partial charge in [0, 0.05) is 19.4 Å². The number of aromatic nitrogens is 3. The number of benzene rings is 1. The van der Waals surface area contributed by atoms with Crippen molar-refractivity contribution in [3.05, 3.63) is 54.1 Å². The number of nitrogens with zero attached hydrogens (tertiary/aromatic N) is 3. The van der Waals surface area contributed by atoms with Gasteiger partial charge in [-0.05, 0) is 29.8 Å². The van der Waals surface area contributed by atoms with Crippen molar-refractivity contribution in [2.75, 3.05) is 0 Å². The van der Waals surface area contributed by atoms with Gasteiger partial charge in [0.05, 0.1) is 16.6 Å². The molecule has 0 aliphatic rings. The molecule has 1 aromatic carbocycles. The Bertz CT molecular complexity index is 766. The van der Waals surface area contributed by atoms with Crippen molar-refractivity contribution in [2.45, 2.75) is 0 Å². The van der Waals surface area contributed by atoms with Crippen molar-refractivity contribution in [1.82, 2.24) is 14.5 Å². The highest BCUT2D eigenvalue weighted by molar-refractivity contribution is 5.90. The molecule has 0 fully saturated rings. The van der Waals surface area contributed by atoms with E-state index in [1.54, 1.807) is 0 Å². The van der Waals surface area contributed by atoms with Crippen molar-refractivity contribution in [3.63, 3.8) is 0 Å². The topological polar surface area (TPSA) is 57.4 Å². The first-order valence-corrected chi connectivity index (χ1v) is 5.95. The highest BCUT2D eigenvalue weighted by atomic mass is 14.9. The Morgan fingerprint density at radius 2 is 2.21 bits per heavy atom. The Kier molecular flexibility index (Phi) is 2.66. The zero-order valence-corrected chi connectivity index (χ0v) is 10.5.